The fourth-order valence-electron chi connectivity index (χ4n) is 2.43. The summed E-state index contributed by atoms with van der Waals surface area (Å²) in [7, 11) is 0.584. The molecule has 0 unspecified atom stereocenters. The minimum absolute atomic E-state index is 0.417. The molecule has 0 saturated heterocycles. The predicted octanol–water partition coefficient (Wildman–Crippen LogP) is 3.65. The van der Waals surface area contributed by atoms with Crippen LogP contribution in [0.15, 0.2) is 30.5 Å². The van der Waals surface area contributed by atoms with Crippen LogP contribution in [0.4, 0.5) is 0 Å². The van der Waals surface area contributed by atoms with Crippen LogP contribution in [-0.4, -0.2) is 8.07 Å². The third kappa shape index (κ3) is 2.85. The van der Waals surface area contributed by atoms with E-state index in [1.807, 2.05) is 24.6 Å². The van der Waals surface area contributed by atoms with Gasteiger partial charge in [0.25, 0.3) is 0 Å². The number of hydrogen-bond donors (Lipinski definition) is 0. The molecule has 0 atom stereocenters. The van der Waals surface area contributed by atoms with Crippen molar-refractivity contribution in [2.75, 3.05) is 0 Å². The van der Waals surface area contributed by atoms with Gasteiger partial charge in [0.2, 0.25) is 5.69 Å². The minimum atomic E-state index is -2.07. The standard InChI is InChI=1S/C18H26NSi/c1-13-11-18(19(4)12-15(13)3)17-9-8-16(10-14(17)2)20(5,6)7/h8-12H,1-7H3/q+1/i3D3. The highest BCUT2D eigenvalue weighted by Crippen LogP contribution is 2.22. The Hall–Kier alpha value is -1.41. The van der Waals surface area contributed by atoms with Gasteiger partial charge in [0.1, 0.15) is 7.05 Å². The maximum atomic E-state index is 7.65. The number of aryl methyl sites for hydroxylation is 4. The summed E-state index contributed by atoms with van der Waals surface area (Å²) in [5.41, 5.74) is 4.68. The van der Waals surface area contributed by atoms with Crippen molar-refractivity contribution < 1.29 is 8.68 Å². The largest absolute Gasteiger partial charge is 0.212 e. The summed E-state index contributed by atoms with van der Waals surface area (Å²) >= 11 is 0. The molecular formula is C18H26NSi+. The average Bonchev–Trinajstić information content (AvgIpc) is 2.39. The van der Waals surface area contributed by atoms with Gasteiger partial charge in [-0.15, -0.1) is 0 Å². The first-order chi connectivity index (χ1) is 10.4. The molecule has 0 amide bonds. The highest BCUT2D eigenvalue weighted by Gasteiger charge is 2.19. The van der Waals surface area contributed by atoms with E-state index in [-0.39, 0.29) is 0 Å². The molecular weight excluding hydrogens is 258 g/mol. The van der Waals surface area contributed by atoms with Crippen molar-refractivity contribution in [1.82, 2.24) is 0 Å². The Labute approximate surface area is 128 Å². The summed E-state index contributed by atoms with van der Waals surface area (Å²) in [4.78, 5) is 0. The summed E-state index contributed by atoms with van der Waals surface area (Å²) in [6.07, 6.45) is 1.74. The fraction of sp³-hybridized carbons (Fsp3) is 0.389. The Bertz CT molecular complexity index is 743. The number of aromatic nitrogens is 1. The Kier molecular flexibility index (Phi) is 2.91. The predicted molar refractivity (Wildman–Crippen MR) is 90.2 cm³/mol. The van der Waals surface area contributed by atoms with Gasteiger partial charge < -0.3 is 0 Å². The van der Waals surface area contributed by atoms with Crippen LogP contribution >= 0.6 is 0 Å². The van der Waals surface area contributed by atoms with Gasteiger partial charge in [-0.25, -0.2) is 4.57 Å². The molecule has 1 heterocycles. The highest BCUT2D eigenvalue weighted by molar-refractivity contribution is 6.88. The van der Waals surface area contributed by atoms with E-state index < -0.39 is 14.9 Å². The zero-order valence-corrected chi connectivity index (χ0v) is 14.3. The number of nitrogens with zero attached hydrogens (tertiary/aromatic N) is 1. The molecule has 2 heteroatoms. The van der Waals surface area contributed by atoms with E-state index in [9.17, 15) is 0 Å². The normalized spacial score (nSPS) is 14.6. The van der Waals surface area contributed by atoms with Crippen molar-refractivity contribution in [3.05, 3.63) is 47.2 Å². The number of hydrogen-bond acceptors (Lipinski definition) is 0. The first kappa shape index (κ1) is 11.3. The molecule has 0 saturated carbocycles. The Morgan fingerprint density at radius 1 is 1.00 bits per heavy atom. The van der Waals surface area contributed by atoms with Crippen molar-refractivity contribution >= 4 is 13.3 Å². The highest BCUT2D eigenvalue weighted by atomic mass is 28.3. The third-order valence-corrected chi connectivity index (χ3v) is 5.89. The molecule has 1 aromatic heterocycles. The van der Waals surface area contributed by atoms with Gasteiger partial charge in [0, 0.05) is 21.3 Å². The lowest BCUT2D eigenvalue weighted by atomic mass is 10.0. The summed E-state index contributed by atoms with van der Waals surface area (Å²) in [6, 6.07) is 8.67. The first-order valence-electron chi connectivity index (χ1n) is 8.53. The lowest BCUT2D eigenvalue weighted by molar-refractivity contribution is -0.660. The smallest absolute Gasteiger partial charge is 0.201 e. The monoisotopic (exact) mass is 287 g/mol. The average molecular weight is 288 g/mol. The Morgan fingerprint density at radius 3 is 2.25 bits per heavy atom. The molecule has 106 valence electrons. The van der Waals surface area contributed by atoms with E-state index in [1.165, 1.54) is 10.8 Å². The molecule has 0 aliphatic carbocycles. The van der Waals surface area contributed by atoms with Gasteiger partial charge >= 0.3 is 0 Å². The zero-order chi connectivity index (χ0) is 17.6. The summed E-state index contributed by atoms with van der Waals surface area (Å²) in [5, 5.41) is 1.44. The van der Waals surface area contributed by atoms with Gasteiger partial charge in [-0.1, -0.05) is 37.0 Å². The topological polar surface area (TPSA) is 3.88 Å². The third-order valence-electron chi connectivity index (χ3n) is 3.85. The van der Waals surface area contributed by atoms with E-state index in [2.05, 4.69) is 44.8 Å². The Balaban J connectivity index is 2.58. The van der Waals surface area contributed by atoms with Crippen molar-refractivity contribution in [2.45, 2.75) is 40.3 Å². The number of rotatable bonds is 2. The number of pyridine rings is 1. The van der Waals surface area contributed by atoms with Crippen molar-refractivity contribution in [3.63, 3.8) is 0 Å². The van der Waals surface area contributed by atoms with Crippen LogP contribution in [0.2, 0.25) is 19.6 Å². The van der Waals surface area contributed by atoms with Crippen molar-refractivity contribution in [3.8, 4) is 11.3 Å². The SMILES string of the molecule is [2H]C([2H])([2H])c1c[n+](C)c(-c2ccc([Si](C)(C)C)cc2C)cc1C. The maximum absolute atomic E-state index is 7.65. The molecule has 2 rings (SSSR count). The first-order valence-corrected chi connectivity index (χ1v) is 10.5. The van der Waals surface area contributed by atoms with E-state index in [0.717, 1.165) is 16.8 Å². The molecule has 0 N–H and O–H groups in total. The van der Waals surface area contributed by atoms with Crippen LogP contribution in [0, 0.1) is 20.7 Å². The maximum Gasteiger partial charge on any atom is 0.212 e. The van der Waals surface area contributed by atoms with E-state index >= 15 is 0 Å². The van der Waals surface area contributed by atoms with Gasteiger partial charge in [0.05, 0.1) is 8.07 Å². The molecule has 0 bridgehead atoms. The fourth-order valence-corrected chi connectivity index (χ4v) is 3.67. The lowest BCUT2D eigenvalue weighted by Gasteiger charge is -2.18. The quantitative estimate of drug-likeness (QED) is 0.586. The molecule has 0 spiro atoms. The molecule has 0 aliphatic heterocycles. The van der Waals surface area contributed by atoms with E-state index in [4.69, 9.17) is 4.11 Å². The molecule has 1 nitrogen and oxygen atoms in total. The molecule has 0 radical (unpaired) electrons. The van der Waals surface area contributed by atoms with Gasteiger partial charge in [-0.2, -0.15) is 0 Å². The molecule has 0 fully saturated rings. The van der Waals surface area contributed by atoms with E-state index in [1.54, 1.807) is 6.20 Å². The van der Waals surface area contributed by atoms with E-state index in [0.29, 0.717) is 5.56 Å². The van der Waals surface area contributed by atoms with Crippen LogP contribution in [-0.2, 0) is 7.05 Å². The molecule has 20 heavy (non-hydrogen) atoms. The minimum Gasteiger partial charge on any atom is -0.201 e. The van der Waals surface area contributed by atoms with Gasteiger partial charge in [0.15, 0.2) is 6.20 Å². The van der Waals surface area contributed by atoms with Gasteiger partial charge in [-0.3, -0.25) is 0 Å². The second-order valence-electron chi connectivity index (χ2n) is 6.65. The number of benzene rings is 1. The van der Waals surface area contributed by atoms with Crippen LogP contribution in [0.25, 0.3) is 11.3 Å². The molecule has 0 aliphatic rings. The van der Waals surface area contributed by atoms with Crippen molar-refractivity contribution in [2.24, 2.45) is 7.05 Å². The summed E-state index contributed by atoms with van der Waals surface area (Å²) in [6.45, 7) is 8.96. The van der Waals surface area contributed by atoms with Crippen LogP contribution in [0.1, 0.15) is 20.8 Å². The lowest BCUT2D eigenvalue weighted by Crippen LogP contribution is -2.38. The summed E-state index contributed by atoms with van der Waals surface area (Å²) < 4.78 is 24.9. The van der Waals surface area contributed by atoms with Crippen LogP contribution < -0.4 is 9.75 Å². The van der Waals surface area contributed by atoms with Crippen LogP contribution in [0.3, 0.4) is 0 Å². The van der Waals surface area contributed by atoms with Crippen molar-refractivity contribution in [1.29, 1.82) is 0 Å². The van der Waals surface area contributed by atoms with Crippen LogP contribution in [0.5, 0.6) is 0 Å². The molecule has 2 aromatic rings. The van der Waals surface area contributed by atoms with Gasteiger partial charge in [-0.05, 0) is 37.9 Å². The second kappa shape index (κ2) is 5.17. The summed E-state index contributed by atoms with van der Waals surface area (Å²) in [5.74, 6) is 0. The zero-order valence-electron chi connectivity index (χ0n) is 16.3. The Morgan fingerprint density at radius 2 is 1.70 bits per heavy atom. The second-order valence-corrected chi connectivity index (χ2v) is 11.7. The molecule has 1 aromatic carbocycles.